The lowest BCUT2D eigenvalue weighted by Gasteiger charge is -2.15. The first-order valence-electron chi connectivity index (χ1n) is 7.71. The number of rotatable bonds is 6. The molecule has 0 aliphatic carbocycles. The molecule has 120 valence electrons. The van der Waals surface area contributed by atoms with Crippen LogP contribution in [-0.4, -0.2) is 24.1 Å². The van der Waals surface area contributed by atoms with Gasteiger partial charge < -0.3 is 10.5 Å². The van der Waals surface area contributed by atoms with Crippen molar-refractivity contribution in [2.45, 2.75) is 19.8 Å². The summed E-state index contributed by atoms with van der Waals surface area (Å²) in [5.41, 5.74) is 9.70. The molecule has 0 spiro atoms. The second kappa shape index (κ2) is 8.25. The number of hydrogen-bond donors (Lipinski definition) is 1. The second-order valence-electron chi connectivity index (χ2n) is 5.29. The van der Waals surface area contributed by atoms with Crippen molar-refractivity contribution in [3.8, 4) is 0 Å². The fraction of sp³-hybridized carbons (Fsp3) is 0.263. The van der Waals surface area contributed by atoms with Gasteiger partial charge in [-0.05, 0) is 42.7 Å². The molecule has 2 N–H and O–H groups in total. The van der Waals surface area contributed by atoms with Gasteiger partial charge in [0, 0.05) is 30.4 Å². The molecule has 0 fully saturated rings. The lowest BCUT2D eigenvalue weighted by atomic mass is 9.92. The molecule has 4 heteroatoms. The summed E-state index contributed by atoms with van der Waals surface area (Å²) in [4.78, 5) is 15.8. The highest BCUT2D eigenvalue weighted by Gasteiger charge is 2.12. The van der Waals surface area contributed by atoms with Crippen LogP contribution in [0.25, 0.3) is 6.08 Å². The predicted molar refractivity (Wildman–Crippen MR) is 91.9 cm³/mol. The number of esters is 1. The number of nitrogens with two attached hydrogens (primary N) is 1. The molecular weight excluding hydrogens is 288 g/mol. The minimum absolute atomic E-state index is 0.118. The highest BCUT2D eigenvalue weighted by Crippen LogP contribution is 2.23. The first kappa shape index (κ1) is 16.9. The zero-order valence-electron chi connectivity index (χ0n) is 13.5. The van der Waals surface area contributed by atoms with E-state index in [1.165, 1.54) is 0 Å². The van der Waals surface area contributed by atoms with Gasteiger partial charge in [-0.3, -0.25) is 4.98 Å². The molecule has 1 atom stereocenters. The van der Waals surface area contributed by atoms with Gasteiger partial charge in [0.1, 0.15) is 0 Å². The Morgan fingerprint density at radius 3 is 2.57 bits per heavy atom. The van der Waals surface area contributed by atoms with Crippen molar-refractivity contribution in [2.75, 3.05) is 13.2 Å². The van der Waals surface area contributed by atoms with Crippen LogP contribution in [0.15, 0.2) is 54.4 Å². The molecule has 0 saturated carbocycles. The van der Waals surface area contributed by atoms with Crippen molar-refractivity contribution in [3.05, 3.63) is 71.1 Å². The van der Waals surface area contributed by atoms with E-state index < -0.39 is 0 Å². The number of ether oxygens (including phenoxy) is 1. The van der Waals surface area contributed by atoms with Crippen molar-refractivity contribution >= 4 is 12.0 Å². The Bertz CT molecular complexity index is 664. The summed E-state index contributed by atoms with van der Waals surface area (Å²) in [5.74, 6) is -0.167. The number of benzene rings is 1. The molecule has 0 saturated heterocycles. The lowest BCUT2D eigenvalue weighted by Crippen LogP contribution is -2.14. The van der Waals surface area contributed by atoms with E-state index in [0.717, 1.165) is 16.7 Å². The van der Waals surface area contributed by atoms with Gasteiger partial charge in [0.05, 0.1) is 6.61 Å². The molecule has 0 aliphatic heterocycles. The van der Waals surface area contributed by atoms with Crippen LogP contribution in [0.4, 0.5) is 0 Å². The number of hydrogen-bond acceptors (Lipinski definition) is 4. The number of carbonyl (C=O) groups excluding carboxylic acids is 1. The second-order valence-corrected chi connectivity index (χ2v) is 5.29. The topological polar surface area (TPSA) is 65.2 Å². The summed E-state index contributed by atoms with van der Waals surface area (Å²) in [5, 5.41) is 0. The average molecular weight is 310 g/mol. The summed E-state index contributed by atoms with van der Waals surface area (Å²) in [7, 11) is 0. The van der Waals surface area contributed by atoms with E-state index in [-0.39, 0.29) is 11.9 Å². The number of carbonyl (C=O) groups is 1. The van der Waals surface area contributed by atoms with Crippen molar-refractivity contribution < 1.29 is 9.53 Å². The van der Waals surface area contributed by atoms with Crippen molar-refractivity contribution in [1.82, 2.24) is 4.98 Å². The molecule has 0 bridgehead atoms. The number of aromatic nitrogens is 1. The minimum Gasteiger partial charge on any atom is -0.463 e. The summed E-state index contributed by atoms with van der Waals surface area (Å²) in [6.45, 7) is 4.45. The normalized spacial score (nSPS) is 12.7. The van der Waals surface area contributed by atoms with E-state index in [9.17, 15) is 4.79 Å². The highest BCUT2D eigenvalue weighted by atomic mass is 16.5. The quantitative estimate of drug-likeness (QED) is 0.657. The van der Waals surface area contributed by atoms with Crippen LogP contribution < -0.4 is 5.73 Å². The third-order valence-corrected chi connectivity index (χ3v) is 3.64. The summed E-state index contributed by atoms with van der Waals surface area (Å²) < 4.78 is 4.98. The summed E-state index contributed by atoms with van der Waals surface area (Å²) >= 11 is 0. The van der Waals surface area contributed by atoms with E-state index in [1.54, 1.807) is 20.0 Å². The molecule has 0 amide bonds. The molecule has 1 aromatic carbocycles. The van der Waals surface area contributed by atoms with E-state index >= 15 is 0 Å². The van der Waals surface area contributed by atoms with Crippen LogP contribution in [0.3, 0.4) is 0 Å². The van der Waals surface area contributed by atoms with Crippen LogP contribution in [-0.2, 0) is 9.53 Å². The third-order valence-electron chi connectivity index (χ3n) is 3.64. The van der Waals surface area contributed by atoms with Gasteiger partial charge >= 0.3 is 5.97 Å². The van der Waals surface area contributed by atoms with Gasteiger partial charge in [-0.1, -0.05) is 30.3 Å². The Hall–Kier alpha value is -2.46. The smallest absolute Gasteiger partial charge is 0.333 e. The fourth-order valence-corrected chi connectivity index (χ4v) is 2.43. The van der Waals surface area contributed by atoms with Crippen molar-refractivity contribution in [2.24, 2.45) is 5.73 Å². The molecule has 1 unspecified atom stereocenters. The van der Waals surface area contributed by atoms with E-state index in [4.69, 9.17) is 10.5 Å². The van der Waals surface area contributed by atoms with Gasteiger partial charge in [0.25, 0.3) is 0 Å². The monoisotopic (exact) mass is 310 g/mol. The maximum atomic E-state index is 11.6. The Labute approximate surface area is 137 Å². The number of nitrogens with zero attached hydrogens (tertiary/aromatic N) is 1. The third kappa shape index (κ3) is 4.50. The molecule has 23 heavy (non-hydrogen) atoms. The van der Waals surface area contributed by atoms with Gasteiger partial charge in [-0.2, -0.15) is 0 Å². The molecular formula is C19H22N2O2. The van der Waals surface area contributed by atoms with Crippen LogP contribution in [0.5, 0.6) is 0 Å². The van der Waals surface area contributed by atoms with Gasteiger partial charge in [-0.15, -0.1) is 0 Å². The van der Waals surface area contributed by atoms with E-state index in [2.05, 4.69) is 4.98 Å². The Kier molecular flexibility index (Phi) is 6.06. The molecule has 2 aromatic rings. The zero-order valence-corrected chi connectivity index (χ0v) is 13.5. The van der Waals surface area contributed by atoms with Crippen molar-refractivity contribution in [1.29, 1.82) is 0 Å². The van der Waals surface area contributed by atoms with Crippen LogP contribution in [0.1, 0.15) is 36.5 Å². The van der Waals surface area contributed by atoms with Crippen molar-refractivity contribution in [3.63, 3.8) is 0 Å². The molecule has 0 radical (unpaired) electrons. The maximum Gasteiger partial charge on any atom is 0.333 e. The Morgan fingerprint density at radius 2 is 2.00 bits per heavy atom. The van der Waals surface area contributed by atoms with Gasteiger partial charge in [-0.25, -0.2) is 4.79 Å². The first-order valence-corrected chi connectivity index (χ1v) is 7.71. The lowest BCUT2D eigenvalue weighted by molar-refractivity contribution is -0.138. The van der Waals surface area contributed by atoms with E-state index in [1.807, 2.05) is 48.7 Å². The minimum atomic E-state index is -0.285. The fourth-order valence-electron chi connectivity index (χ4n) is 2.43. The molecule has 1 aromatic heterocycles. The Morgan fingerprint density at radius 1 is 1.26 bits per heavy atom. The zero-order chi connectivity index (χ0) is 16.7. The van der Waals surface area contributed by atoms with Crippen LogP contribution in [0.2, 0.25) is 0 Å². The maximum absolute atomic E-state index is 11.6. The predicted octanol–water partition coefficient (Wildman–Crippen LogP) is 3.14. The standard InChI is InChI=1S/C19H22N2O2/c1-3-23-19(22)14(2)11-15-6-8-16(9-7-15)18(12-20)17-5-4-10-21-13-17/h4-11,13,18H,3,12,20H2,1-2H3. The van der Waals surface area contributed by atoms with Crippen LogP contribution >= 0.6 is 0 Å². The number of pyridine rings is 1. The Balaban J connectivity index is 2.18. The average Bonchev–Trinajstić information content (AvgIpc) is 2.58. The molecule has 0 aliphatic rings. The van der Waals surface area contributed by atoms with Crippen LogP contribution in [0, 0.1) is 0 Å². The summed E-state index contributed by atoms with van der Waals surface area (Å²) in [6.07, 6.45) is 5.42. The van der Waals surface area contributed by atoms with Gasteiger partial charge in [0.2, 0.25) is 0 Å². The molecule has 2 rings (SSSR count). The largest absolute Gasteiger partial charge is 0.463 e. The van der Waals surface area contributed by atoms with E-state index in [0.29, 0.717) is 18.7 Å². The summed E-state index contributed by atoms with van der Waals surface area (Å²) in [6, 6.07) is 12.0. The SMILES string of the molecule is CCOC(=O)C(C)=Cc1ccc(C(CN)c2cccnc2)cc1. The molecule has 1 heterocycles. The molecule has 4 nitrogen and oxygen atoms in total. The van der Waals surface area contributed by atoms with Gasteiger partial charge in [0.15, 0.2) is 0 Å². The first-order chi connectivity index (χ1) is 11.2. The highest BCUT2D eigenvalue weighted by molar-refractivity contribution is 5.92.